The van der Waals surface area contributed by atoms with Crippen molar-refractivity contribution < 1.29 is 9.50 Å². The van der Waals surface area contributed by atoms with Crippen LogP contribution in [-0.2, 0) is 7.05 Å². The number of halogens is 1. The van der Waals surface area contributed by atoms with E-state index in [0.29, 0.717) is 30.2 Å². The van der Waals surface area contributed by atoms with Crippen LogP contribution in [-0.4, -0.2) is 60.2 Å². The van der Waals surface area contributed by atoms with E-state index in [0.717, 1.165) is 48.1 Å². The second-order valence-corrected chi connectivity index (χ2v) is 7.95. The number of fused-ring (bicyclic) bond motifs is 2. The van der Waals surface area contributed by atoms with Crippen molar-refractivity contribution >= 4 is 28.1 Å². The van der Waals surface area contributed by atoms with Gasteiger partial charge in [-0.05, 0) is 45.0 Å². The van der Waals surface area contributed by atoms with Gasteiger partial charge in [-0.25, -0.2) is 9.37 Å². The third-order valence-corrected chi connectivity index (χ3v) is 5.91. The van der Waals surface area contributed by atoms with Crippen molar-refractivity contribution in [3.8, 4) is 5.82 Å². The zero-order valence-corrected chi connectivity index (χ0v) is 21.7. The Hall–Kier alpha value is -2.98. The van der Waals surface area contributed by atoms with E-state index in [1.807, 2.05) is 59.0 Å². The predicted molar refractivity (Wildman–Crippen MR) is 140 cm³/mol. The first kappa shape index (κ1) is 26.6. The maximum atomic E-state index is 14.6. The molecule has 1 unspecified atom stereocenters. The average molecular weight is 487 g/mol. The minimum atomic E-state index is -1.27. The van der Waals surface area contributed by atoms with Gasteiger partial charge in [0.15, 0.2) is 17.6 Å². The number of para-hydroxylation sites is 2. The van der Waals surface area contributed by atoms with Crippen molar-refractivity contribution in [3.05, 3.63) is 30.1 Å². The van der Waals surface area contributed by atoms with Crippen LogP contribution in [0.25, 0.3) is 28.0 Å². The van der Waals surface area contributed by atoms with E-state index in [4.69, 9.17) is 9.97 Å². The molecule has 0 saturated carbocycles. The molecule has 5 rings (SSSR count). The number of hydrogen-bond donors (Lipinski definition) is 3. The number of aromatic nitrogens is 6. The molecule has 0 aliphatic carbocycles. The first-order chi connectivity index (χ1) is 17.1. The molecule has 1 atom stereocenters. The summed E-state index contributed by atoms with van der Waals surface area (Å²) in [5, 5.41) is 15.7. The lowest BCUT2D eigenvalue weighted by Crippen LogP contribution is -2.35. The molecule has 1 fully saturated rings. The fourth-order valence-corrected chi connectivity index (χ4v) is 4.49. The summed E-state index contributed by atoms with van der Waals surface area (Å²) in [5.41, 5.74) is 3.18. The highest BCUT2D eigenvalue weighted by atomic mass is 19.1. The first-order valence-corrected chi connectivity index (χ1v) is 12.7. The van der Waals surface area contributed by atoms with Crippen molar-refractivity contribution in [1.29, 1.82) is 0 Å². The van der Waals surface area contributed by atoms with Gasteiger partial charge in [0.25, 0.3) is 0 Å². The molecule has 3 N–H and O–H groups in total. The van der Waals surface area contributed by atoms with E-state index in [2.05, 4.69) is 25.0 Å². The molecule has 9 nitrogen and oxygen atoms in total. The summed E-state index contributed by atoms with van der Waals surface area (Å²) in [7, 11) is 2.00. The number of nitrogens with one attached hydrogen (secondary N) is 2. The van der Waals surface area contributed by atoms with Crippen LogP contribution in [0.3, 0.4) is 0 Å². The van der Waals surface area contributed by atoms with Gasteiger partial charge in [0.1, 0.15) is 11.3 Å². The number of aryl methyl sites for hydroxylation is 1. The Kier molecular flexibility index (Phi) is 9.22. The lowest BCUT2D eigenvalue weighted by molar-refractivity contribution is 0.308. The van der Waals surface area contributed by atoms with Crippen molar-refractivity contribution in [1.82, 2.24) is 34.2 Å². The van der Waals surface area contributed by atoms with E-state index in [1.165, 1.54) is 6.92 Å². The first-order valence-electron chi connectivity index (χ1n) is 12.7. The van der Waals surface area contributed by atoms with Crippen LogP contribution in [0, 0.1) is 0 Å². The maximum absolute atomic E-state index is 14.6. The number of benzene rings is 1. The topological polar surface area (TPSA) is 97.8 Å². The molecule has 0 spiro atoms. The van der Waals surface area contributed by atoms with Crippen molar-refractivity contribution in [2.45, 2.75) is 59.7 Å². The van der Waals surface area contributed by atoms with E-state index in [1.54, 1.807) is 4.57 Å². The van der Waals surface area contributed by atoms with Crippen LogP contribution in [0.15, 0.2) is 24.3 Å². The number of alkyl halides is 1. The summed E-state index contributed by atoms with van der Waals surface area (Å²) < 4.78 is 20.7. The largest absolute Gasteiger partial charge is 0.395 e. The Morgan fingerprint density at radius 2 is 1.80 bits per heavy atom. The van der Waals surface area contributed by atoms with Gasteiger partial charge in [0, 0.05) is 13.6 Å². The highest BCUT2D eigenvalue weighted by Crippen LogP contribution is 2.34. The zero-order valence-electron chi connectivity index (χ0n) is 21.7. The zero-order chi connectivity index (χ0) is 25.5. The van der Waals surface area contributed by atoms with Crippen LogP contribution < -0.4 is 10.6 Å². The molecule has 1 saturated heterocycles. The van der Waals surface area contributed by atoms with E-state index < -0.39 is 6.17 Å². The standard InChI is InChI=1S/C21H27FN8O.2C2H6/c1-13(22)18-25-15-5-3-4-6-16(15)29(18)19-17-20(27-21(26-19)24-11-12-31)30(28(17)2)14-7-9-23-10-8-14;2*1-2/h3-6,13-14,23,31H,7-12H2,1-2H3,(H,24,26,27);2*1-2H3. The summed E-state index contributed by atoms with van der Waals surface area (Å²) >= 11 is 0. The molecular weight excluding hydrogens is 447 g/mol. The number of hydrogen-bond acceptors (Lipinski definition) is 6. The number of nitrogens with zero attached hydrogens (tertiary/aromatic N) is 6. The second-order valence-electron chi connectivity index (χ2n) is 7.95. The molecule has 4 aromatic rings. The van der Waals surface area contributed by atoms with E-state index >= 15 is 0 Å². The van der Waals surface area contributed by atoms with Crippen LogP contribution in [0.5, 0.6) is 0 Å². The number of piperidine rings is 1. The molecule has 4 heterocycles. The highest BCUT2D eigenvalue weighted by molar-refractivity contribution is 5.87. The molecule has 3 aromatic heterocycles. The number of rotatable bonds is 6. The SMILES string of the molecule is CC.CC.CC(F)c1nc2ccccc2n1-c1nc(NCCO)nc2c1n(C)n2C1CCNCC1. The van der Waals surface area contributed by atoms with Gasteiger partial charge in [-0.15, -0.1) is 0 Å². The maximum Gasteiger partial charge on any atom is 0.226 e. The van der Waals surface area contributed by atoms with Gasteiger partial charge in [-0.3, -0.25) is 13.9 Å². The van der Waals surface area contributed by atoms with Gasteiger partial charge in [0.05, 0.1) is 23.7 Å². The van der Waals surface area contributed by atoms with Crippen LogP contribution in [0.1, 0.15) is 65.5 Å². The molecule has 192 valence electrons. The number of aliphatic hydroxyl groups excluding tert-OH is 1. The molecule has 1 aliphatic heterocycles. The van der Waals surface area contributed by atoms with Crippen LogP contribution in [0.4, 0.5) is 10.3 Å². The van der Waals surface area contributed by atoms with Crippen molar-refractivity contribution in [3.63, 3.8) is 0 Å². The van der Waals surface area contributed by atoms with Gasteiger partial charge in [0.2, 0.25) is 5.95 Å². The number of imidazole rings is 1. The highest BCUT2D eigenvalue weighted by Gasteiger charge is 2.29. The summed E-state index contributed by atoms with van der Waals surface area (Å²) in [5.74, 6) is 1.31. The van der Waals surface area contributed by atoms with Gasteiger partial charge in [-0.2, -0.15) is 9.97 Å². The molecular formula is C25H39FN8O. The summed E-state index contributed by atoms with van der Waals surface area (Å²) in [6.45, 7) is 11.7. The fraction of sp³-hybridized carbons (Fsp3) is 0.560. The average Bonchev–Trinajstić information content (AvgIpc) is 3.30. The summed E-state index contributed by atoms with van der Waals surface area (Å²) in [4.78, 5) is 14.0. The van der Waals surface area contributed by atoms with Crippen molar-refractivity contribution in [2.75, 3.05) is 31.6 Å². The Bertz CT molecular complexity index is 1220. The van der Waals surface area contributed by atoms with Crippen LogP contribution >= 0.6 is 0 Å². The Morgan fingerprint density at radius 1 is 1.11 bits per heavy atom. The molecule has 1 aliphatic rings. The third-order valence-electron chi connectivity index (χ3n) is 5.91. The lowest BCUT2D eigenvalue weighted by Gasteiger charge is -2.33. The Morgan fingerprint density at radius 3 is 2.46 bits per heavy atom. The Balaban J connectivity index is 0.000000815. The van der Waals surface area contributed by atoms with E-state index in [9.17, 15) is 9.50 Å². The molecule has 0 radical (unpaired) electrons. The van der Waals surface area contributed by atoms with E-state index in [-0.39, 0.29) is 6.61 Å². The van der Waals surface area contributed by atoms with Gasteiger partial charge < -0.3 is 15.7 Å². The van der Waals surface area contributed by atoms with Gasteiger partial charge >= 0.3 is 0 Å². The Labute approximate surface area is 206 Å². The van der Waals surface area contributed by atoms with Crippen LogP contribution in [0.2, 0.25) is 0 Å². The fourth-order valence-electron chi connectivity index (χ4n) is 4.49. The molecule has 0 bridgehead atoms. The summed E-state index contributed by atoms with van der Waals surface area (Å²) in [6, 6.07) is 7.94. The second kappa shape index (κ2) is 12.1. The lowest BCUT2D eigenvalue weighted by atomic mass is 10.1. The smallest absolute Gasteiger partial charge is 0.226 e. The quantitative estimate of drug-likeness (QED) is 0.371. The minimum Gasteiger partial charge on any atom is -0.395 e. The predicted octanol–water partition coefficient (Wildman–Crippen LogP) is 4.52. The molecule has 1 aromatic carbocycles. The van der Waals surface area contributed by atoms with Gasteiger partial charge in [-0.1, -0.05) is 39.8 Å². The molecule has 10 heteroatoms. The molecule has 0 amide bonds. The minimum absolute atomic E-state index is 0.0333. The molecule has 35 heavy (non-hydrogen) atoms. The third kappa shape index (κ3) is 5.04. The monoisotopic (exact) mass is 486 g/mol. The number of anilines is 1. The van der Waals surface area contributed by atoms with Crippen molar-refractivity contribution in [2.24, 2.45) is 7.05 Å². The normalized spacial score (nSPS) is 14.9. The summed E-state index contributed by atoms with van der Waals surface area (Å²) in [6.07, 6.45) is 0.768. The number of aliphatic hydroxyl groups is 1.